The first-order chi connectivity index (χ1) is 14.4. The number of anilines is 2. The first-order valence-corrected chi connectivity index (χ1v) is 10.7. The Morgan fingerprint density at radius 2 is 1.73 bits per heavy atom. The van der Waals surface area contributed by atoms with Gasteiger partial charge in [0.1, 0.15) is 5.75 Å². The monoisotopic (exact) mass is 429 g/mol. The van der Waals surface area contributed by atoms with Crippen molar-refractivity contribution in [2.24, 2.45) is 0 Å². The lowest BCUT2D eigenvalue weighted by Crippen LogP contribution is -2.48. The Hall–Kier alpha value is -2.73. The fourth-order valence-electron chi connectivity index (χ4n) is 3.42. The first kappa shape index (κ1) is 22.0. The third-order valence-electron chi connectivity index (χ3n) is 4.97. The van der Waals surface area contributed by atoms with Gasteiger partial charge in [0.2, 0.25) is 5.91 Å². The molecule has 0 aliphatic carbocycles. The summed E-state index contributed by atoms with van der Waals surface area (Å²) in [6.07, 6.45) is 0.614. The summed E-state index contributed by atoms with van der Waals surface area (Å²) < 4.78 is 5.60. The van der Waals surface area contributed by atoms with E-state index < -0.39 is 0 Å². The Kier molecular flexibility index (Phi) is 7.21. The van der Waals surface area contributed by atoms with Crippen LogP contribution in [0.4, 0.5) is 11.4 Å². The Bertz CT molecular complexity index is 891. The van der Waals surface area contributed by atoms with Gasteiger partial charge in [-0.3, -0.25) is 9.59 Å². The van der Waals surface area contributed by atoms with Gasteiger partial charge in [0.25, 0.3) is 5.91 Å². The van der Waals surface area contributed by atoms with E-state index in [1.807, 2.05) is 37.8 Å². The van der Waals surface area contributed by atoms with Crippen molar-refractivity contribution in [2.45, 2.75) is 33.3 Å². The molecule has 30 heavy (non-hydrogen) atoms. The van der Waals surface area contributed by atoms with Gasteiger partial charge >= 0.3 is 0 Å². The van der Waals surface area contributed by atoms with Gasteiger partial charge in [-0.25, -0.2) is 0 Å². The highest BCUT2D eigenvalue weighted by Gasteiger charge is 2.21. The molecule has 1 N–H and O–H groups in total. The van der Waals surface area contributed by atoms with Crippen molar-refractivity contribution in [3.63, 3.8) is 0 Å². The number of nitrogens with one attached hydrogen (secondary N) is 1. The van der Waals surface area contributed by atoms with E-state index in [2.05, 4.69) is 10.2 Å². The number of rotatable bonds is 6. The van der Waals surface area contributed by atoms with Crippen LogP contribution in [-0.4, -0.2) is 49.0 Å². The second kappa shape index (κ2) is 9.85. The standard InChI is InChI=1S/C23H28ClN3O3/c1-4-22(28)27-13-11-26(12-14-27)21-10-7-18(15-20(21)24)25-23(29)17-5-8-19(9-6-17)30-16(2)3/h5-10,15-16H,4,11-14H2,1-3H3,(H,25,29). The van der Waals surface area contributed by atoms with Crippen molar-refractivity contribution >= 4 is 34.8 Å². The maximum absolute atomic E-state index is 12.5. The summed E-state index contributed by atoms with van der Waals surface area (Å²) in [4.78, 5) is 28.4. The molecular formula is C23H28ClN3O3. The summed E-state index contributed by atoms with van der Waals surface area (Å²) in [5.74, 6) is 0.707. The van der Waals surface area contributed by atoms with Crippen LogP contribution < -0.4 is 15.0 Å². The minimum absolute atomic E-state index is 0.0837. The van der Waals surface area contributed by atoms with E-state index in [0.717, 1.165) is 24.5 Å². The van der Waals surface area contributed by atoms with Crippen molar-refractivity contribution in [1.82, 2.24) is 4.90 Å². The summed E-state index contributed by atoms with van der Waals surface area (Å²) in [5.41, 5.74) is 2.09. The molecule has 1 saturated heterocycles. The molecule has 2 amide bonds. The Labute approximate surface area is 182 Å². The normalized spacial score (nSPS) is 14.0. The highest BCUT2D eigenvalue weighted by Crippen LogP contribution is 2.30. The lowest BCUT2D eigenvalue weighted by atomic mass is 10.2. The van der Waals surface area contributed by atoms with Crippen molar-refractivity contribution in [1.29, 1.82) is 0 Å². The molecule has 6 nitrogen and oxygen atoms in total. The first-order valence-electron chi connectivity index (χ1n) is 10.3. The third kappa shape index (κ3) is 5.45. The molecule has 1 aliphatic heterocycles. The second-order valence-corrected chi connectivity index (χ2v) is 7.94. The van der Waals surface area contributed by atoms with Crippen molar-refractivity contribution in [3.05, 3.63) is 53.1 Å². The minimum atomic E-state index is -0.207. The molecule has 2 aromatic carbocycles. The molecule has 1 fully saturated rings. The van der Waals surface area contributed by atoms with Gasteiger partial charge in [0.15, 0.2) is 0 Å². The molecule has 0 spiro atoms. The molecule has 1 heterocycles. The third-order valence-corrected chi connectivity index (χ3v) is 5.27. The zero-order valence-corrected chi connectivity index (χ0v) is 18.4. The van der Waals surface area contributed by atoms with Gasteiger partial charge in [-0.2, -0.15) is 0 Å². The van der Waals surface area contributed by atoms with Gasteiger partial charge in [0.05, 0.1) is 16.8 Å². The molecule has 3 rings (SSSR count). The van der Waals surface area contributed by atoms with Gasteiger partial charge in [-0.15, -0.1) is 0 Å². The molecule has 7 heteroatoms. The smallest absolute Gasteiger partial charge is 0.255 e. The predicted octanol–water partition coefficient (Wildman–Crippen LogP) is 4.44. The number of halogens is 1. The molecule has 1 aliphatic rings. The Morgan fingerprint density at radius 1 is 1.07 bits per heavy atom. The zero-order valence-electron chi connectivity index (χ0n) is 17.7. The number of benzene rings is 2. The van der Waals surface area contributed by atoms with Crippen LogP contribution in [0.2, 0.25) is 5.02 Å². The van der Waals surface area contributed by atoms with E-state index in [9.17, 15) is 9.59 Å². The highest BCUT2D eigenvalue weighted by atomic mass is 35.5. The van der Waals surface area contributed by atoms with Crippen LogP contribution in [0.1, 0.15) is 37.6 Å². The maximum atomic E-state index is 12.5. The van der Waals surface area contributed by atoms with Crippen LogP contribution in [0.5, 0.6) is 5.75 Å². The number of piperazine rings is 1. The number of hydrogen-bond acceptors (Lipinski definition) is 4. The van der Waals surface area contributed by atoms with E-state index in [1.165, 1.54) is 0 Å². The Morgan fingerprint density at radius 3 is 2.30 bits per heavy atom. The molecular weight excluding hydrogens is 402 g/mol. The molecule has 0 unspecified atom stereocenters. The summed E-state index contributed by atoms with van der Waals surface area (Å²) in [6.45, 7) is 8.66. The number of nitrogens with zero attached hydrogens (tertiary/aromatic N) is 2. The lowest BCUT2D eigenvalue weighted by Gasteiger charge is -2.36. The van der Waals surface area contributed by atoms with Crippen molar-refractivity contribution in [2.75, 3.05) is 36.4 Å². The second-order valence-electron chi connectivity index (χ2n) is 7.53. The fraction of sp³-hybridized carbons (Fsp3) is 0.391. The fourth-order valence-corrected chi connectivity index (χ4v) is 3.72. The summed E-state index contributed by atoms with van der Waals surface area (Å²) in [7, 11) is 0. The number of amides is 2. The average Bonchev–Trinajstić information content (AvgIpc) is 2.73. The molecule has 0 atom stereocenters. The molecule has 2 aromatic rings. The van der Waals surface area contributed by atoms with Crippen LogP contribution in [0, 0.1) is 0 Å². The SMILES string of the molecule is CCC(=O)N1CCN(c2ccc(NC(=O)c3ccc(OC(C)C)cc3)cc2Cl)CC1. The lowest BCUT2D eigenvalue weighted by molar-refractivity contribution is -0.131. The largest absolute Gasteiger partial charge is 0.491 e. The van der Waals surface area contributed by atoms with Crippen LogP contribution >= 0.6 is 11.6 Å². The number of hydrogen-bond donors (Lipinski definition) is 1. The van der Waals surface area contributed by atoms with Crippen molar-refractivity contribution in [3.8, 4) is 5.75 Å². The predicted molar refractivity (Wildman–Crippen MR) is 121 cm³/mol. The molecule has 0 saturated carbocycles. The minimum Gasteiger partial charge on any atom is -0.491 e. The highest BCUT2D eigenvalue weighted by molar-refractivity contribution is 6.33. The molecule has 0 aromatic heterocycles. The van der Waals surface area contributed by atoms with E-state index in [1.54, 1.807) is 30.3 Å². The van der Waals surface area contributed by atoms with Crippen LogP contribution in [0.25, 0.3) is 0 Å². The van der Waals surface area contributed by atoms with E-state index in [0.29, 0.717) is 35.8 Å². The van der Waals surface area contributed by atoms with Gasteiger partial charge in [-0.1, -0.05) is 18.5 Å². The summed E-state index contributed by atoms with van der Waals surface area (Å²) >= 11 is 6.50. The van der Waals surface area contributed by atoms with Gasteiger partial charge in [-0.05, 0) is 56.3 Å². The number of carbonyl (C=O) groups excluding carboxylic acids is 2. The average molecular weight is 430 g/mol. The molecule has 0 bridgehead atoms. The summed E-state index contributed by atoms with van der Waals surface area (Å²) in [6, 6.07) is 12.6. The topological polar surface area (TPSA) is 61.9 Å². The summed E-state index contributed by atoms with van der Waals surface area (Å²) in [5, 5.41) is 3.46. The molecule has 0 radical (unpaired) electrons. The van der Waals surface area contributed by atoms with Crippen LogP contribution in [0.3, 0.4) is 0 Å². The zero-order chi connectivity index (χ0) is 21.7. The van der Waals surface area contributed by atoms with Crippen LogP contribution in [0.15, 0.2) is 42.5 Å². The quantitative estimate of drug-likeness (QED) is 0.737. The van der Waals surface area contributed by atoms with E-state index in [-0.39, 0.29) is 17.9 Å². The number of ether oxygens (including phenoxy) is 1. The van der Waals surface area contributed by atoms with E-state index >= 15 is 0 Å². The van der Waals surface area contributed by atoms with Gasteiger partial charge in [0, 0.05) is 43.9 Å². The van der Waals surface area contributed by atoms with E-state index in [4.69, 9.17) is 16.3 Å². The van der Waals surface area contributed by atoms with Crippen molar-refractivity contribution < 1.29 is 14.3 Å². The maximum Gasteiger partial charge on any atom is 0.255 e. The number of carbonyl (C=O) groups is 2. The van der Waals surface area contributed by atoms with Gasteiger partial charge < -0.3 is 19.9 Å². The van der Waals surface area contributed by atoms with Crippen LogP contribution in [-0.2, 0) is 4.79 Å². The molecule has 160 valence electrons. The Balaban J connectivity index is 1.61.